The van der Waals surface area contributed by atoms with Gasteiger partial charge in [0.15, 0.2) is 5.65 Å². The van der Waals surface area contributed by atoms with Crippen LogP contribution in [0.15, 0.2) is 30.5 Å². The van der Waals surface area contributed by atoms with Gasteiger partial charge in [0.2, 0.25) is 0 Å². The number of halogens is 1. The lowest BCUT2D eigenvalue weighted by atomic mass is 10.1. The van der Waals surface area contributed by atoms with Gasteiger partial charge in [-0.05, 0) is 56.0 Å². The molecular formula is C19H20ClN5O. The van der Waals surface area contributed by atoms with E-state index in [4.69, 9.17) is 11.6 Å². The van der Waals surface area contributed by atoms with Crippen LogP contribution < -0.4 is 10.6 Å². The summed E-state index contributed by atoms with van der Waals surface area (Å²) in [4.78, 5) is 17.0. The van der Waals surface area contributed by atoms with Gasteiger partial charge in [0.05, 0.1) is 11.9 Å². The third-order valence-corrected chi connectivity index (χ3v) is 4.77. The number of fused-ring (bicyclic) bond motifs is 4. The number of carbonyl (C=O) groups excluding carboxylic acids is 1. The number of imidazole rings is 1. The predicted molar refractivity (Wildman–Crippen MR) is 103 cm³/mol. The van der Waals surface area contributed by atoms with Gasteiger partial charge in [0, 0.05) is 29.2 Å². The number of aryl methyl sites for hydroxylation is 1. The summed E-state index contributed by atoms with van der Waals surface area (Å²) in [6, 6.07) is 7.37. The quantitative estimate of drug-likeness (QED) is 0.634. The number of aromatic nitrogens is 3. The molecule has 2 aromatic heterocycles. The highest BCUT2D eigenvalue weighted by molar-refractivity contribution is 6.31. The average molecular weight is 370 g/mol. The van der Waals surface area contributed by atoms with Crippen LogP contribution in [0.1, 0.15) is 35.2 Å². The molecule has 1 amide bonds. The van der Waals surface area contributed by atoms with Crippen molar-refractivity contribution in [2.45, 2.75) is 26.2 Å². The molecule has 3 aromatic rings. The number of rotatable bonds is 0. The van der Waals surface area contributed by atoms with Crippen LogP contribution >= 0.6 is 11.6 Å². The third-order valence-electron chi connectivity index (χ3n) is 4.55. The first-order valence-electron chi connectivity index (χ1n) is 8.80. The lowest BCUT2D eigenvalue weighted by molar-refractivity contribution is 0.0953. The summed E-state index contributed by atoms with van der Waals surface area (Å²) in [6.07, 6.45) is 4.76. The Bertz CT molecular complexity index is 981. The second-order valence-electron chi connectivity index (χ2n) is 6.56. The second-order valence-corrected chi connectivity index (χ2v) is 7.00. The summed E-state index contributed by atoms with van der Waals surface area (Å²) in [6.45, 7) is 3.52. The molecule has 0 unspecified atom stereocenters. The molecule has 26 heavy (non-hydrogen) atoms. The van der Waals surface area contributed by atoms with Crippen molar-refractivity contribution in [1.29, 1.82) is 0 Å². The van der Waals surface area contributed by atoms with E-state index in [0.717, 1.165) is 54.1 Å². The van der Waals surface area contributed by atoms with E-state index in [-0.39, 0.29) is 5.91 Å². The molecule has 0 aliphatic carbocycles. The first-order chi connectivity index (χ1) is 12.6. The van der Waals surface area contributed by atoms with Crippen LogP contribution in [-0.4, -0.2) is 33.6 Å². The molecule has 7 heteroatoms. The van der Waals surface area contributed by atoms with E-state index in [9.17, 15) is 4.79 Å². The molecule has 1 aliphatic heterocycles. The van der Waals surface area contributed by atoms with Crippen LogP contribution in [0.3, 0.4) is 0 Å². The minimum atomic E-state index is -0.111. The number of nitrogens with zero attached hydrogens (tertiary/aromatic N) is 3. The number of hydrogen-bond donors (Lipinski definition) is 2. The molecular weight excluding hydrogens is 350 g/mol. The minimum Gasteiger partial charge on any atom is -0.369 e. The Labute approximate surface area is 156 Å². The van der Waals surface area contributed by atoms with Crippen molar-refractivity contribution in [2.24, 2.45) is 0 Å². The summed E-state index contributed by atoms with van der Waals surface area (Å²) in [7, 11) is 0. The van der Waals surface area contributed by atoms with Crippen LogP contribution in [0.25, 0.3) is 16.9 Å². The van der Waals surface area contributed by atoms with Crippen molar-refractivity contribution in [3.8, 4) is 11.3 Å². The number of anilines is 1. The molecule has 0 atom stereocenters. The Morgan fingerprint density at radius 3 is 2.65 bits per heavy atom. The summed E-state index contributed by atoms with van der Waals surface area (Å²) in [5.74, 6) is 0.709. The third kappa shape index (κ3) is 3.24. The zero-order valence-electron chi connectivity index (χ0n) is 14.6. The van der Waals surface area contributed by atoms with Gasteiger partial charge in [-0.15, -0.1) is 5.10 Å². The minimum absolute atomic E-state index is 0.111. The molecule has 0 fully saturated rings. The summed E-state index contributed by atoms with van der Waals surface area (Å²) in [5, 5.41) is 11.6. The van der Waals surface area contributed by atoms with Crippen LogP contribution in [0, 0.1) is 6.92 Å². The lowest BCUT2D eigenvalue weighted by Crippen LogP contribution is -2.24. The topological polar surface area (TPSA) is 71.3 Å². The van der Waals surface area contributed by atoms with Gasteiger partial charge in [-0.25, -0.2) is 9.50 Å². The van der Waals surface area contributed by atoms with Gasteiger partial charge in [-0.2, -0.15) is 0 Å². The monoisotopic (exact) mass is 369 g/mol. The Kier molecular flexibility index (Phi) is 4.51. The Hall–Kier alpha value is -2.60. The van der Waals surface area contributed by atoms with Crippen molar-refractivity contribution in [3.05, 3.63) is 46.6 Å². The molecule has 3 heterocycles. The maximum Gasteiger partial charge on any atom is 0.251 e. The SMILES string of the molecule is Cc1cc2nn3c(cnc13)-c1cc(Cl)cc(c1)C(=O)NCCCCCN2. The van der Waals surface area contributed by atoms with Crippen molar-refractivity contribution in [3.63, 3.8) is 0 Å². The summed E-state index contributed by atoms with van der Waals surface area (Å²) >= 11 is 6.28. The first-order valence-corrected chi connectivity index (χ1v) is 9.18. The Morgan fingerprint density at radius 2 is 1.81 bits per heavy atom. The van der Waals surface area contributed by atoms with E-state index in [2.05, 4.69) is 20.7 Å². The lowest BCUT2D eigenvalue weighted by Gasteiger charge is -2.09. The van der Waals surface area contributed by atoms with Crippen molar-refractivity contribution in [1.82, 2.24) is 19.9 Å². The Balaban J connectivity index is 1.89. The van der Waals surface area contributed by atoms with E-state index in [1.807, 2.05) is 29.6 Å². The maximum atomic E-state index is 12.5. The van der Waals surface area contributed by atoms with Gasteiger partial charge in [-0.3, -0.25) is 4.79 Å². The number of hydrogen-bond acceptors (Lipinski definition) is 4. The molecule has 6 nitrogen and oxygen atoms in total. The number of carbonyl (C=O) groups is 1. The van der Waals surface area contributed by atoms with E-state index in [1.54, 1.807) is 12.3 Å². The Morgan fingerprint density at radius 1 is 1.04 bits per heavy atom. The van der Waals surface area contributed by atoms with E-state index >= 15 is 0 Å². The smallest absolute Gasteiger partial charge is 0.251 e. The van der Waals surface area contributed by atoms with Crippen molar-refractivity contribution < 1.29 is 4.79 Å². The second kappa shape index (κ2) is 6.96. The van der Waals surface area contributed by atoms with E-state index in [0.29, 0.717) is 17.1 Å². The molecule has 0 saturated carbocycles. The highest BCUT2D eigenvalue weighted by Crippen LogP contribution is 2.27. The molecule has 0 radical (unpaired) electrons. The molecule has 2 N–H and O–H groups in total. The fourth-order valence-corrected chi connectivity index (χ4v) is 3.46. The van der Waals surface area contributed by atoms with Crippen LogP contribution in [0.5, 0.6) is 0 Å². The fraction of sp³-hybridized carbons (Fsp3) is 0.316. The molecule has 4 rings (SSSR count). The number of nitrogens with one attached hydrogen (secondary N) is 2. The first kappa shape index (κ1) is 16.8. The fourth-order valence-electron chi connectivity index (χ4n) is 3.22. The normalized spacial score (nSPS) is 15.2. The van der Waals surface area contributed by atoms with E-state index in [1.165, 1.54) is 0 Å². The summed E-state index contributed by atoms with van der Waals surface area (Å²) < 4.78 is 1.81. The highest BCUT2D eigenvalue weighted by Gasteiger charge is 2.15. The molecule has 0 saturated heterocycles. The molecule has 4 bridgehead atoms. The number of amides is 1. The zero-order chi connectivity index (χ0) is 18.1. The standard InChI is InChI=1S/C19H20ClN5O/c1-12-7-17-21-5-3-2-4-6-22-19(26)14-8-13(9-15(20)10-14)16-11-23-18(12)25(16)24-17/h7-11H,2-6H2,1H3,(H,21,24)(H,22,26). The van der Waals surface area contributed by atoms with Crippen molar-refractivity contribution >= 4 is 29.0 Å². The molecule has 1 aliphatic rings. The van der Waals surface area contributed by atoms with Gasteiger partial charge in [0.1, 0.15) is 5.82 Å². The van der Waals surface area contributed by atoms with Gasteiger partial charge in [-0.1, -0.05) is 11.6 Å². The van der Waals surface area contributed by atoms with E-state index < -0.39 is 0 Å². The molecule has 0 spiro atoms. The molecule has 1 aromatic carbocycles. The van der Waals surface area contributed by atoms with Gasteiger partial charge >= 0.3 is 0 Å². The highest BCUT2D eigenvalue weighted by atomic mass is 35.5. The van der Waals surface area contributed by atoms with Crippen LogP contribution in [-0.2, 0) is 0 Å². The van der Waals surface area contributed by atoms with Gasteiger partial charge < -0.3 is 10.6 Å². The van der Waals surface area contributed by atoms with Crippen LogP contribution in [0.4, 0.5) is 5.82 Å². The van der Waals surface area contributed by atoms with Crippen molar-refractivity contribution in [2.75, 3.05) is 18.4 Å². The predicted octanol–water partition coefficient (Wildman–Crippen LogP) is 3.68. The number of benzene rings is 1. The summed E-state index contributed by atoms with van der Waals surface area (Å²) in [5.41, 5.74) is 3.99. The molecule has 134 valence electrons. The van der Waals surface area contributed by atoms with Gasteiger partial charge in [0.25, 0.3) is 5.91 Å². The maximum absolute atomic E-state index is 12.5. The largest absolute Gasteiger partial charge is 0.369 e. The zero-order valence-corrected chi connectivity index (χ0v) is 15.3. The average Bonchev–Trinajstić information content (AvgIpc) is 3.04. The van der Waals surface area contributed by atoms with Crippen LogP contribution in [0.2, 0.25) is 5.02 Å².